The van der Waals surface area contributed by atoms with Gasteiger partial charge >= 0.3 is 0 Å². The quantitative estimate of drug-likeness (QED) is 0.145. The fourth-order valence-corrected chi connectivity index (χ4v) is 9.37. The Morgan fingerprint density at radius 3 is 0.969 bits per heavy atom. The second-order valence-corrected chi connectivity index (χ2v) is 16.0. The fraction of sp³-hybridized carbons (Fsp3) is 0. The van der Waals surface area contributed by atoms with E-state index >= 15 is 0 Å². The third-order valence-corrected chi connectivity index (χ3v) is 12.2. The Kier molecular flexibility index (Phi) is 9.05. The number of nitrogens with zero attached hydrogens (tertiary/aromatic N) is 6. The van der Waals surface area contributed by atoms with Gasteiger partial charge in [-0.15, -0.1) is 0 Å². The third-order valence-electron chi connectivity index (χ3n) is 12.2. The van der Waals surface area contributed by atoms with Crippen molar-refractivity contribution in [2.24, 2.45) is 0 Å². The molecule has 0 aliphatic carbocycles. The van der Waals surface area contributed by atoms with Crippen LogP contribution in [0.3, 0.4) is 0 Å². The van der Waals surface area contributed by atoms with E-state index < -0.39 is 0 Å². The van der Waals surface area contributed by atoms with Gasteiger partial charge in [-0.1, -0.05) is 109 Å². The number of anilines is 6. The molecular weight excluding hydrogens is 781 g/mol. The van der Waals surface area contributed by atoms with Crippen LogP contribution >= 0.6 is 0 Å². The summed E-state index contributed by atoms with van der Waals surface area (Å²) in [6, 6.07) is 77.5. The summed E-state index contributed by atoms with van der Waals surface area (Å²) in [5, 5.41) is 4.70. The minimum absolute atomic E-state index is 0.982. The minimum atomic E-state index is 0.982. The average Bonchev–Trinajstić information content (AvgIpc) is 3.88. The van der Waals surface area contributed by atoms with Crippen LogP contribution in [0.5, 0.6) is 0 Å². The zero-order chi connectivity index (χ0) is 42.4. The SMILES string of the molecule is c1ccc(N(c2ccccc2)c2ccc3c(c2)c2ccccc2n3-c2cncc(-c3cncc(-n4c5ccccc5c5cc(N(c6ccccc6)c6ccccc6)ccc54)c3)c2)cc1. The van der Waals surface area contributed by atoms with Crippen molar-refractivity contribution in [3.05, 3.63) is 243 Å². The van der Waals surface area contributed by atoms with Gasteiger partial charge in [-0.2, -0.15) is 0 Å². The van der Waals surface area contributed by atoms with E-state index in [1.807, 2.05) is 24.8 Å². The molecule has 0 unspecified atom stereocenters. The van der Waals surface area contributed by atoms with Crippen LogP contribution in [-0.4, -0.2) is 19.1 Å². The lowest BCUT2D eigenvalue weighted by molar-refractivity contribution is 1.13. The number of fused-ring (bicyclic) bond motifs is 6. The Hall–Kier alpha value is -8.74. The van der Waals surface area contributed by atoms with E-state index in [9.17, 15) is 0 Å². The molecule has 64 heavy (non-hydrogen) atoms. The van der Waals surface area contributed by atoms with Crippen molar-refractivity contribution in [3.63, 3.8) is 0 Å². The Morgan fingerprint density at radius 2 is 0.594 bits per heavy atom. The maximum atomic E-state index is 4.86. The maximum Gasteiger partial charge on any atom is 0.0651 e. The topological polar surface area (TPSA) is 42.1 Å². The van der Waals surface area contributed by atoms with Crippen molar-refractivity contribution >= 4 is 77.7 Å². The van der Waals surface area contributed by atoms with E-state index in [1.165, 1.54) is 21.5 Å². The first-order valence-corrected chi connectivity index (χ1v) is 21.5. The molecule has 0 atom stereocenters. The maximum absolute atomic E-state index is 4.86. The first-order valence-electron chi connectivity index (χ1n) is 21.5. The summed E-state index contributed by atoms with van der Waals surface area (Å²) in [4.78, 5) is 14.3. The first-order chi connectivity index (χ1) is 31.8. The molecule has 8 aromatic carbocycles. The van der Waals surface area contributed by atoms with E-state index in [1.54, 1.807) is 0 Å². The van der Waals surface area contributed by atoms with Gasteiger partial charge in [0, 0.05) is 79.2 Å². The summed E-state index contributed by atoms with van der Waals surface area (Å²) in [6.07, 6.45) is 7.79. The van der Waals surface area contributed by atoms with Crippen LogP contribution < -0.4 is 9.80 Å². The van der Waals surface area contributed by atoms with Crippen molar-refractivity contribution in [1.82, 2.24) is 19.1 Å². The summed E-state index contributed by atoms with van der Waals surface area (Å²) < 4.78 is 4.66. The monoisotopic (exact) mass is 820 g/mol. The number of aromatic nitrogens is 4. The smallest absolute Gasteiger partial charge is 0.0651 e. The summed E-state index contributed by atoms with van der Waals surface area (Å²) in [6.45, 7) is 0. The molecule has 302 valence electrons. The molecule has 6 nitrogen and oxygen atoms in total. The highest BCUT2D eigenvalue weighted by atomic mass is 15.1. The molecule has 0 spiro atoms. The van der Waals surface area contributed by atoms with Crippen LogP contribution in [0.2, 0.25) is 0 Å². The minimum Gasteiger partial charge on any atom is -0.310 e. The molecule has 4 heterocycles. The van der Waals surface area contributed by atoms with Gasteiger partial charge in [0.15, 0.2) is 0 Å². The largest absolute Gasteiger partial charge is 0.310 e. The van der Waals surface area contributed by atoms with Gasteiger partial charge < -0.3 is 18.9 Å². The number of hydrogen-bond donors (Lipinski definition) is 0. The van der Waals surface area contributed by atoms with Crippen LogP contribution in [0.1, 0.15) is 0 Å². The van der Waals surface area contributed by atoms with E-state index in [0.717, 1.165) is 78.7 Å². The average molecular weight is 821 g/mol. The molecule has 0 aliphatic heterocycles. The van der Waals surface area contributed by atoms with Gasteiger partial charge in [0.05, 0.1) is 45.8 Å². The van der Waals surface area contributed by atoms with Gasteiger partial charge in [0.25, 0.3) is 0 Å². The van der Waals surface area contributed by atoms with Crippen molar-refractivity contribution in [2.45, 2.75) is 0 Å². The van der Waals surface area contributed by atoms with Crippen molar-refractivity contribution in [3.8, 4) is 22.5 Å². The Morgan fingerprint density at radius 1 is 0.266 bits per heavy atom. The molecule has 0 saturated heterocycles. The van der Waals surface area contributed by atoms with Crippen LogP contribution in [0.15, 0.2) is 243 Å². The van der Waals surface area contributed by atoms with Crippen LogP contribution in [-0.2, 0) is 0 Å². The molecule has 0 saturated carbocycles. The standard InChI is InChI=1S/C58H40N6/c1-5-17-43(18-6-1)61(44-19-7-2-8-20-44)47-29-31-57-53(35-47)51-25-13-15-27-55(51)63(57)49-33-41(37-59-39-49)42-34-50(40-60-38-42)64-56-28-16-14-26-52(56)54-36-48(30-32-58(54)64)62(45-21-9-3-10-22-45)46-23-11-4-12-24-46/h1-40H. The summed E-state index contributed by atoms with van der Waals surface area (Å²) >= 11 is 0. The van der Waals surface area contributed by atoms with Crippen molar-refractivity contribution < 1.29 is 0 Å². The Labute approximate surface area is 370 Å². The molecule has 0 bridgehead atoms. The van der Waals surface area contributed by atoms with Gasteiger partial charge in [0.1, 0.15) is 0 Å². The van der Waals surface area contributed by atoms with Gasteiger partial charge in [-0.25, -0.2) is 0 Å². The first kappa shape index (κ1) is 37.1. The summed E-state index contributed by atoms with van der Waals surface area (Å²) in [7, 11) is 0. The lowest BCUT2D eigenvalue weighted by Gasteiger charge is -2.25. The predicted molar refractivity (Wildman–Crippen MR) is 266 cm³/mol. The molecule has 6 heteroatoms. The second kappa shape index (κ2) is 15.6. The van der Waals surface area contributed by atoms with Crippen molar-refractivity contribution in [1.29, 1.82) is 0 Å². The van der Waals surface area contributed by atoms with Gasteiger partial charge in [-0.3, -0.25) is 9.97 Å². The summed E-state index contributed by atoms with van der Waals surface area (Å²) in [5.74, 6) is 0. The Balaban J connectivity index is 0.957. The molecule has 0 aliphatic rings. The fourth-order valence-electron chi connectivity index (χ4n) is 9.37. The zero-order valence-corrected chi connectivity index (χ0v) is 34.8. The lowest BCUT2D eigenvalue weighted by atomic mass is 10.1. The van der Waals surface area contributed by atoms with E-state index in [4.69, 9.17) is 9.97 Å². The molecular formula is C58H40N6. The number of para-hydroxylation sites is 6. The molecule has 0 fully saturated rings. The van der Waals surface area contributed by atoms with Gasteiger partial charge in [-0.05, 0) is 109 Å². The number of hydrogen-bond acceptors (Lipinski definition) is 4. The number of benzene rings is 8. The molecule has 12 aromatic rings. The highest BCUT2D eigenvalue weighted by Gasteiger charge is 2.20. The van der Waals surface area contributed by atoms with Gasteiger partial charge in [0.2, 0.25) is 0 Å². The molecule has 12 rings (SSSR count). The molecule has 0 amide bonds. The number of pyridine rings is 2. The number of rotatable bonds is 9. The van der Waals surface area contributed by atoms with Crippen LogP contribution in [0, 0.1) is 0 Å². The van der Waals surface area contributed by atoms with E-state index in [0.29, 0.717) is 0 Å². The molecule has 0 N–H and O–H groups in total. The molecule has 0 radical (unpaired) electrons. The highest BCUT2D eigenvalue weighted by molar-refractivity contribution is 6.12. The van der Waals surface area contributed by atoms with Crippen molar-refractivity contribution in [2.75, 3.05) is 9.80 Å². The highest BCUT2D eigenvalue weighted by Crippen LogP contribution is 2.42. The third kappa shape index (κ3) is 6.36. The van der Waals surface area contributed by atoms with E-state index in [2.05, 4.69) is 237 Å². The molecule has 4 aromatic heterocycles. The zero-order valence-electron chi connectivity index (χ0n) is 34.8. The predicted octanol–water partition coefficient (Wildman–Crippen LogP) is 15.3. The van der Waals surface area contributed by atoms with Crippen LogP contribution in [0.25, 0.3) is 66.1 Å². The summed E-state index contributed by atoms with van der Waals surface area (Å²) in [5.41, 5.74) is 15.0. The van der Waals surface area contributed by atoms with Crippen LogP contribution in [0.4, 0.5) is 34.1 Å². The second-order valence-electron chi connectivity index (χ2n) is 16.0. The van der Waals surface area contributed by atoms with E-state index in [-0.39, 0.29) is 0 Å². The lowest BCUT2D eigenvalue weighted by Crippen LogP contribution is -2.09. The Bertz CT molecular complexity index is 3300. The normalized spacial score (nSPS) is 11.4.